The number of rotatable bonds is 5. The maximum atomic E-state index is 13.5. The number of hydrogen-bond acceptors (Lipinski definition) is 3. The van der Waals surface area contributed by atoms with E-state index in [0.717, 1.165) is 34.7 Å². The van der Waals surface area contributed by atoms with Gasteiger partial charge in [0, 0.05) is 30.9 Å². The average molecular weight is 445 g/mol. The number of hydrogen-bond donors (Lipinski definition) is 0. The SMILES string of the molecule is C[Si](C)(C)CCOCN1C(=O)C2(Cc3ccc(Br)cc3C2)c2cccnc21. The highest BCUT2D eigenvalue weighted by atomic mass is 79.9. The van der Waals surface area contributed by atoms with E-state index < -0.39 is 13.5 Å². The number of fused-ring (bicyclic) bond motifs is 3. The van der Waals surface area contributed by atoms with Crippen molar-refractivity contribution >= 4 is 35.7 Å². The highest BCUT2D eigenvalue weighted by Gasteiger charge is 2.54. The van der Waals surface area contributed by atoms with Crippen LogP contribution in [0.15, 0.2) is 41.0 Å². The molecule has 1 aromatic heterocycles. The third-order valence-corrected chi connectivity index (χ3v) is 7.78. The van der Waals surface area contributed by atoms with Crippen LogP contribution in [0.4, 0.5) is 5.82 Å². The van der Waals surface area contributed by atoms with Gasteiger partial charge >= 0.3 is 0 Å². The first kappa shape index (κ1) is 18.8. The molecule has 0 bridgehead atoms. The van der Waals surface area contributed by atoms with Crippen LogP contribution in [-0.4, -0.2) is 32.3 Å². The van der Waals surface area contributed by atoms with Crippen LogP contribution in [0.1, 0.15) is 16.7 Å². The molecule has 2 heterocycles. The Morgan fingerprint density at radius 2 is 2.00 bits per heavy atom. The summed E-state index contributed by atoms with van der Waals surface area (Å²) in [4.78, 5) is 19.8. The van der Waals surface area contributed by atoms with Crippen LogP contribution in [0.2, 0.25) is 25.7 Å². The van der Waals surface area contributed by atoms with Gasteiger partial charge in [-0.25, -0.2) is 4.98 Å². The molecule has 4 rings (SSSR count). The van der Waals surface area contributed by atoms with E-state index in [4.69, 9.17) is 4.74 Å². The molecule has 2 aromatic rings. The summed E-state index contributed by atoms with van der Waals surface area (Å²) in [6.07, 6.45) is 3.22. The first-order valence-electron chi connectivity index (χ1n) is 9.43. The standard InChI is InChI=1S/C21H25BrN2O2Si/c1-27(2,3)10-9-26-14-24-19-18(5-4-8-23-19)21(20(24)25)12-15-6-7-17(22)11-16(15)13-21/h4-8,11H,9-10,12-14H2,1-3H3. The van der Waals surface area contributed by atoms with Crippen molar-refractivity contribution in [3.63, 3.8) is 0 Å². The van der Waals surface area contributed by atoms with Crippen molar-refractivity contribution in [3.05, 3.63) is 57.7 Å². The van der Waals surface area contributed by atoms with Gasteiger partial charge in [-0.3, -0.25) is 9.69 Å². The summed E-state index contributed by atoms with van der Waals surface area (Å²) in [6.45, 7) is 7.97. The number of anilines is 1. The second-order valence-corrected chi connectivity index (χ2v) is 15.3. The van der Waals surface area contributed by atoms with E-state index in [2.05, 4.69) is 64.8 Å². The van der Waals surface area contributed by atoms with Crippen molar-refractivity contribution < 1.29 is 9.53 Å². The second kappa shape index (κ2) is 6.83. The summed E-state index contributed by atoms with van der Waals surface area (Å²) >= 11 is 3.55. The molecule has 0 fully saturated rings. The number of carbonyl (C=O) groups excluding carboxylic acids is 1. The highest BCUT2D eigenvalue weighted by molar-refractivity contribution is 9.10. The van der Waals surface area contributed by atoms with Gasteiger partial charge in [0.1, 0.15) is 12.5 Å². The molecule has 1 spiro atoms. The number of amides is 1. The number of carbonyl (C=O) groups is 1. The van der Waals surface area contributed by atoms with Crippen LogP contribution < -0.4 is 4.90 Å². The molecule has 1 aliphatic carbocycles. The van der Waals surface area contributed by atoms with E-state index >= 15 is 0 Å². The van der Waals surface area contributed by atoms with Gasteiger partial charge in [0.2, 0.25) is 5.91 Å². The molecule has 1 aromatic carbocycles. The van der Waals surface area contributed by atoms with Crippen LogP contribution >= 0.6 is 15.9 Å². The van der Waals surface area contributed by atoms with Crippen LogP contribution in [0.25, 0.3) is 0 Å². The van der Waals surface area contributed by atoms with Crippen molar-refractivity contribution in [2.24, 2.45) is 0 Å². The molecule has 1 unspecified atom stereocenters. The van der Waals surface area contributed by atoms with Crippen LogP contribution in [-0.2, 0) is 27.8 Å². The summed E-state index contributed by atoms with van der Waals surface area (Å²) in [6, 6.07) is 11.4. The van der Waals surface area contributed by atoms with E-state index in [9.17, 15) is 4.79 Å². The zero-order valence-electron chi connectivity index (χ0n) is 16.1. The molecule has 0 radical (unpaired) electrons. The number of ether oxygens (including phenoxy) is 1. The molecular weight excluding hydrogens is 420 g/mol. The minimum absolute atomic E-state index is 0.122. The Bertz CT molecular complexity index is 896. The van der Waals surface area contributed by atoms with Crippen LogP contribution in [0.3, 0.4) is 0 Å². The fourth-order valence-electron chi connectivity index (χ4n) is 4.10. The predicted octanol–water partition coefficient (Wildman–Crippen LogP) is 4.54. The molecule has 27 heavy (non-hydrogen) atoms. The molecule has 6 heteroatoms. The zero-order valence-corrected chi connectivity index (χ0v) is 18.7. The summed E-state index contributed by atoms with van der Waals surface area (Å²) in [5.74, 6) is 0.888. The topological polar surface area (TPSA) is 42.4 Å². The van der Waals surface area contributed by atoms with Crippen LogP contribution in [0, 0.1) is 0 Å². The lowest BCUT2D eigenvalue weighted by Gasteiger charge is -2.23. The van der Waals surface area contributed by atoms with Gasteiger partial charge in [-0.2, -0.15) is 0 Å². The van der Waals surface area contributed by atoms with E-state index in [1.54, 1.807) is 11.1 Å². The normalized spacial score (nSPS) is 21.0. The minimum Gasteiger partial charge on any atom is -0.361 e. The van der Waals surface area contributed by atoms with E-state index in [1.807, 2.05) is 6.07 Å². The number of benzene rings is 1. The van der Waals surface area contributed by atoms with Crippen molar-refractivity contribution in [1.82, 2.24) is 4.98 Å². The molecule has 0 saturated carbocycles. The molecule has 1 aliphatic heterocycles. The molecule has 1 atom stereocenters. The summed E-state index contributed by atoms with van der Waals surface area (Å²) in [7, 11) is -1.15. The number of halogens is 1. The number of pyridine rings is 1. The Hall–Kier alpha value is -1.50. The van der Waals surface area contributed by atoms with Gasteiger partial charge in [0.05, 0.1) is 5.41 Å². The zero-order chi connectivity index (χ0) is 19.2. The Morgan fingerprint density at radius 1 is 1.22 bits per heavy atom. The van der Waals surface area contributed by atoms with Gasteiger partial charge in [-0.1, -0.05) is 47.7 Å². The number of aromatic nitrogens is 1. The van der Waals surface area contributed by atoms with Gasteiger partial charge < -0.3 is 4.74 Å². The average Bonchev–Trinajstić information content (AvgIpc) is 3.09. The molecule has 2 aliphatic rings. The lowest BCUT2D eigenvalue weighted by atomic mass is 9.79. The molecule has 0 N–H and O–H groups in total. The Kier molecular flexibility index (Phi) is 4.77. The third-order valence-electron chi connectivity index (χ3n) is 5.58. The highest BCUT2D eigenvalue weighted by Crippen LogP contribution is 2.49. The first-order valence-corrected chi connectivity index (χ1v) is 13.9. The second-order valence-electron chi connectivity index (χ2n) is 8.80. The van der Waals surface area contributed by atoms with Crippen molar-refractivity contribution in [2.45, 2.75) is 43.9 Å². The maximum absolute atomic E-state index is 13.5. The van der Waals surface area contributed by atoms with Crippen LogP contribution in [0.5, 0.6) is 0 Å². The summed E-state index contributed by atoms with van der Waals surface area (Å²) in [5.41, 5.74) is 3.00. The van der Waals surface area contributed by atoms with Gasteiger partial charge in [0.25, 0.3) is 0 Å². The lowest BCUT2D eigenvalue weighted by Crippen LogP contribution is -2.42. The predicted molar refractivity (Wildman–Crippen MR) is 114 cm³/mol. The van der Waals surface area contributed by atoms with Crippen molar-refractivity contribution in [3.8, 4) is 0 Å². The number of nitrogens with zero attached hydrogens (tertiary/aromatic N) is 2. The van der Waals surface area contributed by atoms with Crippen molar-refractivity contribution in [2.75, 3.05) is 18.2 Å². The summed E-state index contributed by atoms with van der Waals surface area (Å²) < 4.78 is 6.97. The third kappa shape index (κ3) is 3.39. The Labute approximate surface area is 170 Å². The van der Waals surface area contributed by atoms with Gasteiger partial charge in [-0.15, -0.1) is 0 Å². The Balaban J connectivity index is 1.60. The van der Waals surface area contributed by atoms with Crippen molar-refractivity contribution in [1.29, 1.82) is 0 Å². The van der Waals surface area contributed by atoms with E-state index in [1.165, 1.54) is 11.1 Å². The molecule has 142 valence electrons. The van der Waals surface area contributed by atoms with Gasteiger partial charge in [0.15, 0.2) is 0 Å². The minimum atomic E-state index is -1.15. The maximum Gasteiger partial charge on any atom is 0.241 e. The Morgan fingerprint density at radius 3 is 2.78 bits per heavy atom. The van der Waals surface area contributed by atoms with E-state index in [-0.39, 0.29) is 12.6 Å². The molecule has 4 nitrogen and oxygen atoms in total. The lowest BCUT2D eigenvalue weighted by molar-refractivity contribution is -0.124. The quantitative estimate of drug-likeness (QED) is 0.501. The first-order chi connectivity index (χ1) is 12.8. The molecule has 0 saturated heterocycles. The van der Waals surface area contributed by atoms with E-state index in [0.29, 0.717) is 6.61 Å². The van der Waals surface area contributed by atoms with Gasteiger partial charge in [-0.05, 0) is 48.2 Å². The largest absolute Gasteiger partial charge is 0.361 e. The fraction of sp³-hybridized carbons (Fsp3) is 0.429. The molecular formula is C21H25BrN2O2Si. The summed E-state index contributed by atoms with van der Waals surface area (Å²) in [5, 5.41) is 0. The molecule has 1 amide bonds. The fourth-order valence-corrected chi connectivity index (χ4v) is 5.26. The monoisotopic (exact) mass is 444 g/mol. The smallest absolute Gasteiger partial charge is 0.241 e.